The number of pyridine rings is 1. The third kappa shape index (κ3) is 2.96. The minimum atomic E-state index is -0.494. The third-order valence-electron chi connectivity index (χ3n) is 4.48. The Kier molecular flexibility index (Phi) is 4.27. The molecule has 0 spiro atoms. The number of aromatic amines is 1. The first-order chi connectivity index (χ1) is 13.5. The molecular weight excluding hydrogens is 361 g/mol. The number of para-hydroxylation sites is 1. The Morgan fingerprint density at radius 2 is 1.93 bits per heavy atom. The standard InChI is InChI=1S/C21H16FN3O3/c1-12-19(21(27)25(2)24-12)20(26)13-7-8-16-14(11-13)17(9-10-23-16)28-18-6-4-3-5-15(18)22/h3-11,24H,1-2H3. The highest BCUT2D eigenvalue weighted by atomic mass is 19.1. The fourth-order valence-electron chi connectivity index (χ4n) is 3.10. The molecule has 4 rings (SSSR count). The summed E-state index contributed by atoms with van der Waals surface area (Å²) in [6.07, 6.45) is 1.55. The lowest BCUT2D eigenvalue weighted by molar-refractivity contribution is 0.103. The summed E-state index contributed by atoms with van der Waals surface area (Å²) in [5.41, 5.74) is 1.09. The maximum absolute atomic E-state index is 14.0. The number of aromatic nitrogens is 3. The molecule has 0 saturated carbocycles. The Bertz CT molecular complexity index is 1270. The van der Waals surface area contributed by atoms with Gasteiger partial charge in [-0.25, -0.2) is 4.39 Å². The van der Waals surface area contributed by atoms with Crippen LogP contribution in [0.3, 0.4) is 0 Å². The molecule has 0 amide bonds. The fourth-order valence-corrected chi connectivity index (χ4v) is 3.10. The summed E-state index contributed by atoms with van der Waals surface area (Å²) in [5.74, 6) is -0.460. The number of hydrogen-bond donors (Lipinski definition) is 1. The molecule has 0 fully saturated rings. The van der Waals surface area contributed by atoms with E-state index in [1.165, 1.54) is 16.8 Å². The smallest absolute Gasteiger partial charge is 0.277 e. The molecule has 0 saturated heterocycles. The highest BCUT2D eigenvalue weighted by Crippen LogP contribution is 2.31. The third-order valence-corrected chi connectivity index (χ3v) is 4.48. The SMILES string of the molecule is Cc1[nH]n(C)c(=O)c1C(=O)c1ccc2nccc(Oc3ccccc3F)c2c1. The molecule has 6 nitrogen and oxygen atoms in total. The number of carbonyl (C=O) groups is 1. The van der Waals surface area contributed by atoms with Crippen LogP contribution in [0.4, 0.5) is 4.39 Å². The van der Waals surface area contributed by atoms with Crippen LogP contribution in [-0.4, -0.2) is 20.5 Å². The molecule has 0 aliphatic rings. The van der Waals surface area contributed by atoms with Crippen molar-refractivity contribution in [2.45, 2.75) is 6.92 Å². The second kappa shape index (κ2) is 6.77. The number of nitrogens with one attached hydrogen (secondary N) is 1. The zero-order valence-corrected chi connectivity index (χ0v) is 15.2. The van der Waals surface area contributed by atoms with E-state index in [9.17, 15) is 14.0 Å². The maximum atomic E-state index is 14.0. The van der Waals surface area contributed by atoms with Gasteiger partial charge in [0.2, 0.25) is 0 Å². The minimum Gasteiger partial charge on any atom is -0.454 e. The number of ketones is 1. The van der Waals surface area contributed by atoms with E-state index in [4.69, 9.17) is 4.74 Å². The summed E-state index contributed by atoms with van der Waals surface area (Å²) in [4.78, 5) is 29.4. The number of halogens is 1. The van der Waals surface area contributed by atoms with Gasteiger partial charge in [0, 0.05) is 29.9 Å². The number of aryl methyl sites for hydroxylation is 2. The Balaban J connectivity index is 1.81. The second-order valence-corrected chi connectivity index (χ2v) is 6.38. The van der Waals surface area contributed by atoms with Crippen molar-refractivity contribution in [1.82, 2.24) is 14.8 Å². The number of H-pyrrole nitrogens is 1. The van der Waals surface area contributed by atoms with Crippen LogP contribution in [-0.2, 0) is 7.05 Å². The maximum Gasteiger partial charge on any atom is 0.277 e. The van der Waals surface area contributed by atoms with Gasteiger partial charge in [0.05, 0.1) is 5.52 Å². The zero-order chi connectivity index (χ0) is 19.8. The van der Waals surface area contributed by atoms with Gasteiger partial charge in [-0.3, -0.25) is 24.4 Å². The van der Waals surface area contributed by atoms with Crippen molar-refractivity contribution in [3.05, 3.63) is 87.7 Å². The predicted molar refractivity (Wildman–Crippen MR) is 102 cm³/mol. The van der Waals surface area contributed by atoms with Crippen LogP contribution in [0, 0.1) is 12.7 Å². The van der Waals surface area contributed by atoms with E-state index in [2.05, 4.69) is 10.1 Å². The number of rotatable bonds is 4. The van der Waals surface area contributed by atoms with Crippen molar-refractivity contribution < 1.29 is 13.9 Å². The minimum absolute atomic E-state index is 0.0714. The lowest BCUT2D eigenvalue weighted by atomic mass is 10.0. The van der Waals surface area contributed by atoms with Crippen LogP contribution in [0.5, 0.6) is 11.5 Å². The summed E-state index contributed by atoms with van der Waals surface area (Å²) < 4.78 is 20.9. The van der Waals surface area contributed by atoms with Crippen LogP contribution in [0.15, 0.2) is 59.5 Å². The lowest BCUT2D eigenvalue weighted by Gasteiger charge is -2.10. The first kappa shape index (κ1) is 17.7. The van der Waals surface area contributed by atoms with Gasteiger partial charge in [0.25, 0.3) is 5.56 Å². The van der Waals surface area contributed by atoms with E-state index in [-0.39, 0.29) is 11.3 Å². The van der Waals surface area contributed by atoms with Crippen LogP contribution >= 0.6 is 0 Å². The normalized spacial score (nSPS) is 11.0. The Labute approximate surface area is 159 Å². The predicted octanol–water partition coefficient (Wildman–Crippen LogP) is 3.73. The van der Waals surface area contributed by atoms with Crippen LogP contribution in [0.1, 0.15) is 21.6 Å². The highest BCUT2D eigenvalue weighted by Gasteiger charge is 2.20. The number of ether oxygens (including phenoxy) is 1. The molecule has 0 aliphatic heterocycles. The number of fused-ring (bicyclic) bond motifs is 1. The van der Waals surface area contributed by atoms with E-state index >= 15 is 0 Å². The topological polar surface area (TPSA) is 77.0 Å². The van der Waals surface area contributed by atoms with Crippen molar-refractivity contribution in [3.63, 3.8) is 0 Å². The fraction of sp³-hybridized carbons (Fsp3) is 0.0952. The molecule has 0 aliphatic carbocycles. The summed E-state index contributed by atoms with van der Waals surface area (Å²) in [7, 11) is 1.55. The van der Waals surface area contributed by atoms with Crippen molar-refractivity contribution in [3.8, 4) is 11.5 Å². The molecule has 2 aromatic carbocycles. The first-order valence-corrected chi connectivity index (χ1v) is 8.57. The molecule has 0 unspecified atom stereocenters. The van der Waals surface area contributed by atoms with E-state index in [1.807, 2.05) is 0 Å². The molecule has 1 N–H and O–H groups in total. The van der Waals surface area contributed by atoms with Crippen molar-refractivity contribution in [1.29, 1.82) is 0 Å². The molecule has 0 radical (unpaired) electrons. The van der Waals surface area contributed by atoms with E-state index in [0.29, 0.717) is 27.9 Å². The van der Waals surface area contributed by atoms with Crippen LogP contribution in [0.25, 0.3) is 10.9 Å². The van der Waals surface area contributed by atoms with E-state index in [0.717, 1.165) is 0 Å². The Morgan fingerprint density at radius 1 is 1.14 bits per heavy atom. The highest BCUT2D eigenvalue weighted by molar-refractivity contribution is 6.11. The van der Waals surface area contributed by atoms with Gasteiger partial charge in [-0.2, -0.15) is 0 Å². The van der Waals surface area contributed by atoms with Gasteiger partial charge in [-0.05, 0) is 43.3 Å². The van der Waals surface area contributed by atoms with Crippen LogP contribution < -0.4 is 10.3 Å². The van der Waals surface area contributed by atoms with Crippen molar-refractivity contribution in [2.75, 3.05) is 0 Å². The Hall–Kier alpha value is -3.74. The van der Waals surface area contributed by atoms with E-state index in [1.54, 1.807) is 56.6 Å². The molecule has 2 aromatic heterocycles. The molecule has 140 valence electrons. The van der Waals surface area contributed by atoms with Gasteiger partial charge in [0.1, 0.15) is 11.3 Å². The average molecular weight is 377 g/mol. The van der Waals surface area contributed by atoms with E-state index < -0.39 is 17.2 Å². The van der Waals surface area contributed by atoms with Crippen LogP contribution in [0.2, 0.25) is 0 Å². The summed E-state index contributed by atoms with van der Waals surface area (Å²) >= 11 is 0. The number of nitrogens with zero attached hydrogens (tertiary/aromatic N) is 2. The van der Waals surface area contributed by atoms with Gasteiger partial charge < -0.3 is 4.74 Å². The monoisotopic (exact) mass is 377 g/mol. The first-order valence-electron chi connectivity index (χ1n) is 8.57. The quantitative estimate of drug-likeness (QED) is 0.550. The zero-order valence-electron chi connectivity index (χ0n) is 15.2. The summed E-state index contributed by atoms with van der Waals surface area (Å²) in [5, 5.41) is 3.36. The molecule has 2 heterocycles. The number of benzene rings is 2. The largest absolute Gasteiger partial charge is 0.454 e. The average Bonchev–Trinajstić information content (AvgIpc) is 2.94. The number of hydrogen-bond acceptors (Lipinski definition) is 4. The molecule has 0 atom stereocenters. The molecule has 4 aromatic rings. The second-order valence-electron chi connectivity index (χ2n) is 6.38. The summed E-state index contributed by atoms with van der Waals surface area (Å²) in [6.45, 7) is 1.67. The van der Waals surface area contributed by atoms with Gasteiger partial charge >= 0.3 is 0 Å². The van der Waals surface area contributed by atoms with Gasteiger partial charge in [-0.15, -0.1) is 0 Å². The van der Waals surface area contributed by atoms with Gasteiger partial charge in [-0.1, -0.05) is 12.1 Å². The lowest BCUT2D eigenvalue weighted by Crippen LogP contribution is -2.19. The molecule has 0 bridgehead atoms. The Morgan fingerprint density at radius 3 is 2.64 bits per heavy atom. The molecule has 7 heteroatoms. The van der Waals surface area contributed by atoms with Crippen molar-refractivity contribution in [2.24, 2.45) is 7.05 Å². The molecular formula is C21H16FN3O3. The van der Waals surface area contributed by atoms with Crippen molar-refractivity contribution >= 4 is 16.7 Å². The summed E-state index contributed by atoms with van der Waals surface area (Å²) in [6, 6.07) is 12.5. The van der Waals surface area contributed by atoms with Gasteiger partial charge in [0.15, 0.2) is 17.3 Å². The molecule has 28 heavy (non-hydrogen) atoms. The number of carbonyl (C=O) groups excluding carboxylic acids is 1.